The molecule has 1 atom stereocenters. The molecule has 1 saturated heterocycles. The molecule has 1 amide bonds. The number of nitrogens with one attached hydrogen (secondary N) is 1. The first kappa shape index (κ1) is 22.6. The quantitative estimate of drug-likeness (QED) is 0.642. The lowest BCUT2D eigenvalue weighted by atomic mass is 10.0. The summed E-state index contributed by atoms with van der Waals surface area (Å²) in [5.41, 5.74) is 2.12. The van der Waals surface area contributed by atoms with Crippen molar-refractivity contribution in [1.82, 2.24) is 4.90 Å². The Morgan fingerprint density at radius 3 is 2.48 bits per heavy atom. The van der Waals surface area contributed by atoms with Crippen molar-refractivity contribution in [1.29, 1.82) is 0 Å². The van der Waals surface area contributed by atoms with E-state index >= 15 is 0 Å². The SMILES string of the molecule is COc1ccc(OC)c(C2CCCN2CC(=O)Nc2ccc(C(=O)OC(C)C)cc2)c1. The molecule has 1 aliphatic heterocycles. The molecule has 0 saturated carbocycles. The van der Waals surface area contributed by atoms with Gasteiger partial charge in [-0.1, -0.05) is 0 Å². The van der Waals surface area contributed by atoms with Crippen LogP contribution in [-0.4, -0.2) is 50.2 Å². The van der Waals surface area contributed by atoms with Crippen molar-refractivity contribution in [3.05, 3.63) is 53.6 Å². The molecule has 1 fully saturated rings. The van der Waals surface area contributed by atoms with Crippen molar-refractivity contribution >= 4 is 17.6 Å². The van der Waals surface area contributed by atoms with E-state index in [4.69, 9.17) is 14.2 Å². The van der Waals surface area contributed by atoms with Crippen LogP contribution in [0, 0.1) is 0 Å². The van der Waals surface area contributed by atoms with Crippen molar-refractivity contribution in [2.75, 3.05) is 32.6 Å². The molecule has 1 N–H and O–H groups in total. The molecular weight excluding hydrogens is 396 g/mol. The molecule has 1 unspecified atom stereocenters. The maximum Gasteiger partial charge on any atom is 0.338 e. The van der Waals surface area contributed by atoms with Gasteiger partial charge in [-0.3, -0.25) is 9.69 Å². The molecule has 1 aliphatic rings. The third kappa shape index (κ3) is 5.76. The average molecular weight is 427 g/mol. The molecular formula is C24H30N2O5. The normalized spacial score (nSPS) is 16.2. The van der Waals surface area contributed by atoms with E-state index in [1.165, 1.54) is 0 Å². The second kappa shape index (κ2) is 10.3. The number of benzene rings is 2. The van der Waals surface area contributed by atoms with Gasteiger partial charge in [0, 0.05) is 17.3 Å². The van der Waals surface area contributed by atoms with E-state index in [9.17, 15) is 9.59 Å². The minimum absolute atomic E-state index is 0.0870. The largest absolute Gasteiger partial charge is 0.497 e. The van der Waals surface area contributed by atoms with E-state index in [1.54, 1.807) is 52.3 Å². The van der Waals surface area contributed by atoms with Gasteiger partial charge in [0.05, 0.1) is 32.4 Å². The first-order chi connectivity index (χ1) is 14.9. The number of nitrogens with zero attached hydrogens (tertiary/aromatic N) is 1. The van der Waals surface area contributed by atoms with Crippen LogP contribution < -0.4 is 14.8 Å². The minimum Gasteiger partial charge on any atom is -0.497 e. The van der Waals surface area contributed by atoms with Gasteiger partial charge in [-0.25, -0.2) is 4.79 Å². The van der Waals surface area contributed by atoms with Gasteiger partial charge < -0.3 is 19.5 Å². The van der Waals surface area contributed by atoms with Gasteiger partial charge in [0.1, 0.15) is 11.5 Å². The van der Waals surface area contributed by atoms with E-state index in [1.807, 2.05) is 18.2 Å². The lowest BCUT2D eigenvalue weighted by Gasteiger charge is -2.26. The van der Waals surface area contributed by atoms with E-state index in [-0.39, 0.29) is 30.6 Å². The highest BCUT2D eigenvalue weighted by Gasteiger charge is 2.30. The predicted octanol–water partition coefficient (Wildman–Crippen LogP) is 4.04. The van der Waals surface area contributed by atoms with Crippen LogP contribution in [0.15, 0.2) is 42.5 Å². The van der Waals surface area contributed by atoms with Crippen LogP contribution in [0.25, 0.3) is 0 Å². The summed E-state index contributed by atoms with van der Waals surface area (Å²) in [5, 5.41) is 2.91. The van der Waals surface area contributed by atoms with Crippen LogP contribution in [0.4, 0.5) is 5.69 Å². The molecule has 166 valence electrons. The lowest BCUT2D eigenvalue weighted by Crippen LogP contribution is -2.33. The topological polar surface area (TPSA) is 77.1 Å². The monoisotopic (exact) mass is 426 g/mol. The number of anilines is 1. The van der Waals surface area contributed by atoms with Gasteiger partial charge in [-0.15, -0.1) is 0 Å². The van der Waals surface area contributed by atoms with Crippen molar-refractivity contribution in [2.24, 2.45) is 0 Å². The second-order valence-corrected chi connectivity index (χ2v) is 7.82. The fourth-order valence-electron chi connectivity index (χ4n) is 3.82. The molecule has 7 nitrogen and oxygen atoms in total. The zero-order valence-corrected chi connectivity index (χ0v) is 18.5. The molecule has 7 heteroatoms. The molecule has 0 spiro atoms. The highest BCUT2D eigenvalue weighted by Crippen LogP contribution is 2.38. The number of amides is 1. The minimum atomic E-state index is -0.375. The van der Waals surface area contributed by atoms with Gasteiger partial charge in [0.25, 0.3) is 0 Å². The molecule has 2 aromatic carbocycles. The summed E-state index contributed by atoms with van der Waals surface area (Å²) < 4.78 is 16.1. The number of likely N-dealkylation sites (tertiary alicyclic amines) is 1. The summed E-state index contributed by atoms with van der Waals surface area (Å²) in [5.74, 6) is 1.08. The number of ether oxygens (including phenoxy) is 3. The number of esters is 1. The summed E-state index contributed by atoms with van der Waals surface area (Å²) in [4.78, 5) is 26.8. The maximum absolute atomic E-state index is 12.7. The van der Waals surface area contributed by atoms with Crippen LogP contribution in [-0.2, 0) is 9.53 Å². The van der Waals surface area contributed by atoms with Crippen molar-refractivity contribution in [2.45, 2.75) is 38.8 Å². The van der Waals surface area contributed by atoms with Crippen molar-refractivity contribution < 1.29 is 23.8 Å². The van der Waals surface area contributed by atoms with Gasteiger partial charge in [-0.05, 0) is 75.7 Å². The van der Waals surface area contributed by atoms with Crippen LogP contribution in [0.2, 0.25) is 0 Å². The fourth-order valence-corrected chi connectivity index (χ4v) is 3.82. The van der Waals surface area contributed by atoms with E-state index in [0.717, 1.165) is 36.4 Å². The third-order valence-electron chi connectivity index (χ3n) is 5.25. The summed E-state index contributed by atoms with van der Waals surface area (Å²) in [6.45, 7) is 4.71. The van der Waals surface area contributed by atoms with Crippen LogP contribution in [0.1, 0.15) is 48.7 Å². The highest BCUT2D eigenvalue weighted by atomic mass is 16.5. The van der Waals surface area contributed by atoms with Crippen LogP contribution >= 0.6 is 0 Å². The van der Waals surface area contributed by atoms with Crippen LogP contribution in [0.5, 0.6) is 11.5 Å². The number of carbonyl (C=O) groups excluding carboxylic acids is 2. The number of methoxy groups -OCH3 is 2. The highest BCUT2D eigenvalue weighted by molar-refractivity contribution is 5.94. The Kier molecular flexibility index (Phi) is 7.52. The third-order valence-corrected chi connectivity index (χ3v) is 5.25. The number of hydrogen-bond acceptors (Lipinski definition) is 6. The Balaban J connectivity index is 1.64. The first-order valence-electron chi connectivity index (χ1n) is 10.5. The molecule has 0 aromatic heterocycles. The van der Waals surface area contributed by atoms with Crippen LogP contribution in [0.3, 0.4) is 0 Å². The Bertz CT molecular complexity index is 911. The zero-order valence-electron chi connectivity index (χ0n) is 18.5. The van der Waals surface area contributed by atoms with Gasteiger partial charge in [-0.2, -0.15) is 0 Å². The molecule has 2 aromatic rings. The average Bonchev–Trinajstić information content (AvgIpc) is 3.20. The first-order valence-corrected chi connectivity index (χ1v) is 10.5. The summed E-state index contributed by atoms with van der Waals surface area (Å²) in [6, 6.07) is 12.6. The number of carbonyl (C=O) groups is 2. The van der Waals surface area contributed by atoms with E-state index in [2.05, 4.69) is 10.2 Å². The molecule has 1 heterocycles. The van der Waals surface area contributed by atoms with E-state index in [0.29, 0.717) is 11.3 Å². The summed E-state index contributed by atoms with van der Waals surface area (Å²) in [7, 11) is 3.29. The molecule has 0 aliphatic carbocycles. The smallest absolute Gasteiger partial charge is 0.338 e. The fraction of sp³-hybridized carbons (Fsp3) is 0.417. The standard InChI is InChI=1S/C24H30N2O5/c1-16(2)31-24(28)17-7-9-18(10-8-17)25-23(27)15-26-13-5-6-21(26)20-14-19(29-3)11-12-22(20)30-4/h7-12,14,16,21H,5-6,13,15H2,1-4H3,(H,25,27). The maximum atomic E-state index is 12.7. The van der Waals surface area contributed by atoms with E-state index < -0.39 is 0 Å². The Morgan fingerprint density at radius 2 is 1.84 bits per heavy atom. The summed E-state index contributed by atoms with van der Waals surface area (Å²) in [6.07, 6.45) is 1.78. The zero-order chi connectivity index (χ0) is 22.4. The Labute approximate surface area is 183 Å². The predicted molar refractivity (Wildman–Crippen MR) is 119 cm³/mol. The Morgan fingerprint density at radius 1 is 1.10 bits per heavy atom. The number of hydrogen-bond donors (Lipinski definition) is 1. The lowest BCUT2D eigenvalue weighted by molar-refractivity contribution is -0.117. The summed E-state index contributed by atoms with van der Waals surface area (Å²) >= 11 is 0. The van der Waals surface area contributed by atoms with Crippen molar-refractivity contribution in [3.8, 4) is 11.5 Å². The molecule has 3 rings (SSSR count). The second-order valence-electron chi connectivity index (χ2n) is 7.82. The molecule has 0 bridgehead atoms. The van der Waals surface area contributed by atoms with Gasteiger partial charge >= 0.3 is 5.97 Å². The Hall–Kier alpha value is -3.06. The van der Waals surface area contributed by atoms with Crippen molar-refractivity contribution in [3.63, 3.8) is 0 Å². The number of rotatable bonds is 8. The molecule has 0 radical (unpaired) electrons. The van der Waals surface area contributed by atoms with Gasteiger partial charge in [0.2, 0.25) is 5.91 Å². The van der Waals surface area contributed by atoms with Gasteiger partial charge in [0.15, 0.2) is 0 Å². The molecule has 31 heavy (non-hydrogen) atoms.